The quantitative estimate of drug-likeness (QED) is 0.871. The minimum absolute atomic E-state index is 0.145. The van der Waals surface area contributed by atoms with Gasteiger partial charge in [-0.15, -0.1) is 11.3 Å². The summed E-state index contributed by atoms with van der Waals surface area (Å²) < 4.78 is 33.9. The smallest absolute Gasteiger partial charge is 0.240 e. The van der Waals surface area contributed by atoms with Crippen molar-refractivity contribution < 1.29 is 13.2 Å². The molecular weight excluding hydrogens is 322 g/mol. The zero-order chi connectivity index (χ0) is 15.6. The number of nitrogens with zero attached hydrogens (tertiary/aromatic N) is 1. The largest absolute Gasteiger partial charge is 0.380 e. The second-order valence-electron chi connectivity index (χ2n) is 5.36. The molecule has 0 bridgehead atoms. The Kier molecular flexibility index (Phi) is 4.74. The highest BCUT2D eigenvalue weighted by atomic mass is 32.2. The molecule has 1 atom stereocenters. The van der Waals surface area contributed by atoms with Crippen LogP contribution in [0.3, 0.4) is 0 Å². The number of nitrogens with one attached hydrogen (secondary N) is 2. The number of aryl methyl sites for hydroxylation is 1. The summed E-state index contributed by atoms with van der Waals surface area (Å²) in [6.07, 6.45) is 0. The van der Waals surface area contributed by atoms with E-state index in [4.69, 9.17) is 4.74 Å². The summed E-state index contributed by atoms with van der Waals surface area (Å²) in [5, 5.41) is 4.16. The molecule has 1 aliphatic heterocycles. The van der Waals surface area contributed by atoms with Crippen LogP contribution in [-0.4, -0.2) is 46.2 Å². The predicted molar refractivity (Wildman–Crippen MR) is 86.7 cm³/mol. The number of hydrogen-bond donors (Lipinski definition) is 2. The van der Waals surface area contributed by atoms with E-state index in [-0.39, 0.29) is 10.8 Å². The van der Waals surface area contributed by atoms with Crippen molar-refractivity contribution >= 4 is 31.6 Å². The average Bonchev–Trinajstić information content (AvgIpc) is 2.69. The topological polar surface area (TPSA) is 80.3 Å². The van der Waals surface area contributed by atoms with Crippen molar-refractivity contribution in [2.45, 2.75) is 11.8 Å². The van der Waals surface area contributed by atoms with E-state index >= 15 is 0 Å². The molecule has 0 unspecified atom stereocenters. The third kappa shape index (κ3) is 3.64. The van der Waals surface area contributed by atoms with E-state index in [2.05, 4.69) is 15.0 Å². The number of fused-ring (bicyclic) bond motifs is 1. The Morgan fingerprint density at radius 2 is 2.36 bits per heavy atom. The van der Waals surface area contributed by atoms with Crippen molar-refractivity contribution in [2.24, 2.45) is 5.92 Å². The third-order valence-electron chi connectivity index (χ3n) is 3.55. The van der Waals surface area contributed by atoms with Crippen molar-refractivity contribution in [3.63, 3.8) is 0 Å². The Bertz CT molecular complexity index is 750. The number of aromatic nitrogens is 1. The van der Waals surface area contributed by atoms with Gasteiger partial charge in [-0.3, -0.25) is 0 Å². The van der Waals surface area contributed by atoms with E-state index in [9.17, 15) is 8.42 Å². The lowest BCUT2D eigenvalue weighted by molar-refractivity contribution is 0.124. The van der Waals surface area contributed by atoms with Crippen LogP contribution in [-0.2, 0) is 14.8 Å². The molecule has 1 aromatic heterocycles. The van der Waals surface area contributed by atoms with Crippen LogP contribution < -0.4 is 10.0 Å². The predicted octanol–water partition coefficient (Wildman–Crippen LogP) is 1.12. The number of benzene rings is 1. The van der Waals surface area contributed by atoms with Gasteiger partial charge < -0.3 is 10.1 Å². The first-order chi connectivity index (χ1) is 10.5. The Morgan fingerprint density at radius 3 is 3.23 bits per heavy atom. The van der Waals surface area contributed by atoms with Gasteiger partial charge in [0.1, 0.15) is 0 Å². The molecule has 2 N–H and O–H groups in total. The van der Waals surface area contributed by atoms with Crippen molar-refractivity contribution in [1.29, 1.82) is 0 Å². The van der Waals surface area contributed by atoms with Crippen molar-refractivity contribution in [2.75, 3.05) is 32.8 Å². The molecule has 1 fully saturated rings. The molecule has 3 rings (SSSR count). The Labute approximate surface area is 133 Å². The molecule has 1 saturated heterocycles. The summed E-state index contributed by atoms with van der Waals surface area (Å²) in [7, 11) is -3.51. The number of thiazole rings is 1. The van der Waals surface area contributed by atoms with E-state index in [1.165, 1.54) is 11.3 Å². The fourth-order valence-electron chi connectivity index (χ4n) is 2.39. The number of sulfonamides is 1. The Balaban J connectivity index is 1.72. The highest BCUT2D eigenvalue weighted by molar-refractivity contribution is 7.89. The zero-order valence-corrected chi connectivity index (χ0v) is 14.0. The van der Waals surface area contributed by atoms with Gasteiger partial charge in [0.05, 0.1) is 33.3 Å². The minimum Gasteiger partial charge on any atom is -0.380 e. The number of hydrogen-bond acceptors (Lipinski definition) is 6. The molecule has 0 saturated carbocycles. The molecule has 0 spiro atoms. The first kappa shape index (κ1) is 15.8. The second-order valence-corrected chi connectivity index (χ2v) is 8.36. The van der Waals surface area contributed by atoms with Crippen molar-refractivity contribution in [3.05, 3.63) is 23.2 Å². The minimum atomic E-state index is -3.51. The summed E-state index contributed by atoms with van der Waals surface area (Å²) in [5.74, 6) is 0.145. The van der Waals surface area contributed by atoms with Gasteiger partial charge in [-0.25, -0.2) is 18.1 Å². The monoisotopic (exact) mass is 341 g/mol. The third-order valence-corrected chi connectivity index (χ3v) is 5.90. The van der Waals surface area contributed by atoms with Crippen LogP contribution in [0.25, 0.3) is 10.2 Å². The van der Waals surface area contributed by atoms with E-state index < -0.39 is 10.0 Å². The normalized spacial score (nSPS) is 20.1. The summed E-state index contributed by atoms with van der Waals surface area (Å²) in [6, 6.07) is 5.04. The molecule has 0 amide bonds. The SMILES string of the molecule is Cc1nc2ccc(S(=O)(=O)NC[C@@H]3CNCCOC3)cc2s1. The average molecular weight is 341 g/mol. The summed E-state index contributed by atoms with van der Waals surface area (Å²) in [4.78, 5) is 4.63. The van der Waals surface area contributed by atoms with Gasteiger partial charge in [0.15, 0.2) is 0 Å². The maximum atomic E-state index is 12.4. The van der Waals surface area contributed by atoms with Gasteiger partial charge >= 0.3 is 0 Å². The summed E-state index contributed by atoms with van der Waals surface area (Å²) >= 11 is 1.50. The first-order valence-electron chi connectivity index (χ1n) is 7.20. The Hall–Kier alpha value is -1.06. The van der Waals surface area contributed by atoms with Crippen LogP contribution in [0.1, 0.15) is 5.01 Å². The molecule has 22 heavy (non-hydrogen) atoms. The van der Waals surface area contributed by atoms with Gasteiger partial charge in [-0.2, -0.15) is 0 Å². The Morgan fingerprint density at radius 1 is 1.50 bits per heavy atom. The zero-order valence-electron chi connectivity index (χ0n) is 12.3. The molecular formula is C14H19N3O3S2. The van der Waals surface area contributed by atoms with Crippen LogP contribution in [0.4, 0.5) is 0 Å². The molecule has 0 aliphatic carbocycles. The van der Waals surface area contributed by atoms with E-state index in [1.54, 1.807) is 18.2 Å². The summed E-state index contributed by atoms with van der Waals surface area (Å²) in [6.45, 7) is 5.10. The van der Waals surface area contributed by atoms with Crippen LogP contribution in [0.2, 0.25) is 0 Å². The maximum absolute atomic E-state index is 12.4. The standard InChI is InChI=1S/C14H19N3O3S2/c1-10-17-13-3-2-12(6-14(13)21-10)22(18,19)16-8-11-7-15-4-5-20-9-11/h2-3,6,11,15-16H,4-5,7-9H2,1H3/t11-/m0/s1. The van der Waals surface area contributed by atoms with Gasteiger partial charge in [-0.05, 0) is 25.1 Å². The van der Waals surface area contributed by atoms with E-state index in [0.717, 1.165) is 28.3 Å². The second kappa shape index (κ2) is 6.59. The van der Waals surface area contributed by atoms with Crippen molar-refractivity contribution in [3.8, 4) is 0 Å². The molecule has 1 aliphatic rings. The molecule has 2 aromatic rings. The maximum Gasteiger partial charge on any atom is 0.240 e. The van der Waals surface area contributed by atoms with Crippen LogP contribution >= 0.6 is 11.3 Å². The molecule has 2 heterocycles. The van der Waals surface area contributed by atoms with Crippen LogP contribution in [0.15, 0.2) is 23.1 Å². The highest BCUT2D eigenvalue weighted by Crippen LogP contribution is 2.24. The van der Waals surface area contributed by atoms with Crippen LogP contribution in [0.5, 0.6) is 0 Å². The summed E-state index contributed by atoms with van der Waals surface area (Å²) in [5.41, 5.74) is 0.836. The lowest BCUT2D eigenvalue weighted by atomic mass is 10.2. The van der Waals surface area contributed by atoms with E-state index in [1.807, 2.05) is 6.92 Å². The highest BCUT2D eigenvalue weighted by Gasteiger charge is 2.19. The number of ether oxygens (including phenoxy) is 1. The van der Waals surface area contributed by atoms with E-state index in [0.29, 0.717) is 19.8 Å². The lowest BCUT2D eigenvalue weighted by Gasteiger charge is -2.14. The molecule has 120 valence electrons. The van der Waals surface area contributed by atoms with Crippen LogP contribution in [0, 0.1) is 12.8 Å². The van der Waals surface area contributed by atoms with Gasteiger partial charge in [-0.1, -0.05) is 0 Å². The van der Waals surface area contributed by atoms with Gasteiger partial charge in [0.2, 0.25) is 10.0 Å². The number of rotatable bonds is 4. The van der Waals surface area contributed by atoms with Gasteiger partial charge in [0, 0.05) is 25.6 Å². The molecule has 6 nitrogen and oxygen atoms in total. The lowest BCUT2D eigenvalue weighted by Crippen LogP contribution is -2.35. The first-order valence-corrected chi connectivity index (χ1v) is 9.50. The fourth-order valence-corrected chi connectivity index (χ4v) is 4.47. The van der Waals surface area contributed by atoms with Gasteiger partial charge in [0.25, 0.3) is 0 Å². The van der Waals surface area contributed by atoms with Crippen molar-refractivity contribution in [1.82, 2.24) is 15.0 Å². The molecule has 8 heteroatoms. The molecule has 0 radical (unpaired) electrons. The fraction of sp³-hybridized carbons (Fsp3) is 0.500. The molecule has 1 aromatic carbocycles.